The minimum Gasteiger partial charge on any atom is -0.486 e. The molecule has 0 bridgehead atoms. The number of hydrogen-bond acceptors (Lipinski definition) is 3. The van der Waals surface area contributed by atoms with Crippen molar-refractivity contribution in [2.24, 2.45) is 0 Å². The first-order chi connectivity index (χ1) is 7.94. The lowest BCUT2D eigenvalue weighted by atomic mass is 9.97. The van der Waals surface area contributed by atoms with Gasteiger partial charge < -0.3 is 9.47 Å². The van der Waals surface area contributed by atoms with Crippen LogP contribution in [0.5, 0.6) is 5.75 Å². The summed E-state index contributed by atoms with van der Waals surface area (Å²) in [6.45, 7) is 6.09. The van der Waals surface area contributed by atoms with E-state index in [1.807, 2.05) is 13.8 Å². The van der Waals surface area contributed by atoms with Gasteiger partial charge in [0.2, 0.25) is 0 Å². The molecule has 1 aromatic carbocycles. The van der Waals surface area contributed by atoms with Gasteiger partial charge in [-0.2, -0.15) is 0 Å². The lowest BCUT2D eigenvalue weighted by Gasteiger charge is -2.17. The first-order valence-electron chi connectivity index (χ1n) is 5.62. The molecule has 17 heavy (non-hydrogen) atoms. The monoisotopic (exact) mass is 254 g/mol. The predicted molar refractivity (Wildman–Crippen MR) is 65.8 cm³/mol. The summed E-state index contributed by atoms with van der Waals surface area (Å²) in [6.07, 6.45) is 0.664. The first kappa shape index (κ1) is 12.2. The number of rotatable bonds is 2. The minimum absolute atomic E-state index is 0.318. The molecule has 4 heteroatoms. The van der Waals surface area contributed by atoms with Crippen molar-refractivity contribution in [3.05, 3.63) is 28.3 Å². The zero-order valence-electron chi connectivity index (χ0n) is 10.2. The van der Waals surface area contributed by atoms with E-state index >= 15 is 0 Å². The number of esters is 1. The van der Waals surface area contributed by atoms with E-state index in [4.69, 9.17) is 21.1 Å². The number of carbonyl (C=O) groups excluding carboxylic acids is 1. The fraction of sp³-hybridized carbons (Fsp3) is 0.462. The Bertz CT molecular complexity index is 466. The standard InChI is InChI=1S/C13H15ClO3/c1-4-16-12(15)8-5-6-10(14)11-9(8)7-13(2,3)17-11/h5-6H,4,7H2,1-3H3. The zero-order chi connectivity index (χ0) is 12.6. The van der Waals surface area contributed by atoms with Gasteiger partial charge in [-0.1, -0.05) is 11.6 Å². The van der Waals surface area contributed by atoms with E-state index in [1.54, 1.807) is 19.1 Å². The molecule has 0 saturated carbocycles. The average molecular weight is 255 g/mol. The van der Waals surface area contributed by atoms with Gasteiger partial charge in [0, 0.05) is 12.0 Å². The molecule has 0 amide bonds. The molecule has 0 aliphatic carbocycles. The van der Waals surface area contributed by atoms with Crippen LogP contribution in [0.15, 0.2) is 12.1 Å². The van der Waals surface area contributed by atoms with E-state index in [0.717, 1.165) is 5.56 Å². The van der Waals surface area contributed by atoms with Crippen molar-refractivity contribution in [1.29, 1.82) is 0 Å². The molecule has 0 N–H and O–H groups in total. The molecular weight excluding hydrogens is 240 g/mol. The summed E-state index contributed by atoms with van der Waals surface area (Å²) in [5.74, 6) is 0.295. The number of ether oxygens (including phenoxy) is 2. The Labute approximate surface area is 106 Å². The Morgan fingerprint density at radius 2 is 2.24 bits per heavy atom. The molecule has 1 heterocycles. The second-order valence-corrected chi connectivity index (χ2v) is 5.07. The lowest BCUT2D eigenvalue weighted by Crippen LogP contribution is -2.25. The molecule has 2 rings (SSSR count). The Balaban J connectivity index is 2.45. The SMILES string of the molecule is CCOC(=O)c1ccc(Cl)c2c1CC(C)(C)O2. The highest BCUT2D eigenvalue weighted by Crippen LogP contribution is 2.42. The molecule has 0 unspecified atom stereocenters. The van der Waals surface area contributed by atoms with Gasteiger partial charge in [-0.05, 0) is 32.9 Å². The van der Waals surface area contributed by atoms with E-state index in [0.29, 0.717) is 29.4 Å². The van der Waals surface area contributed by atoms with Gasteiger partial charge in [0.05, 0.1) is 17.2 Å². The van der Waals surface area contributed by atoms with Crippen LogP contribution >= 0.6 is 11.6 Å². The van der Waals surface area contributed by atoms with Crippen LogP contribution in [-0.2, 0) is 11.2 Å². The molecular formula is C13H15ClO3. The van der Waals surface area contributed by atoms with Crippen LogP contribution in [0.25, 0.3) is 0 Å². The Kier molecular flexibility index (Phi) is 3.04. The van der Waals surface area contributed by atoms with Crippen LogP contribution < -0.4 is 4.74 Å². The van der Waals surface area contributed by atoms with Gasteiger partial charge in [-0.3, -0.25) is 0 Å². The lowest BCUT2D eigenvalue weighted by molar-refractivity contribution is 0.0525. The molecule has 0 fully saturated rings. The molecule has 92 valence electrons. The molecule has 1 aliphatic heterocycles. The van der Waals surface area contributed by atoms with Crippen LogP contribution in [-0.4, -0.2) is 18.2 Å². The van der Waals surface area contributed by atoms with E-state index in [9.17, 15) is 4.79 Å². The summed E-state index contributed by atoms with van der Waals surface area (Å²) in [5, 5.41) is 0.540. The number of benzene rings is 1. The maximum Gasteiger partial charge on any atom is 0.338 e. The van der Waals surface area contributed by atoms with Crippen molar-refractivity contribution >= 4 is 17.6 Å². The number of fused-ring (bicyclic) bond motifs is 1. The van der Waals surface area contributed by atoms with Crippen molar-refractivity contribution in [2.45, 2.75) is 32.8 Å². The van der Waals surface area contributed by atoms with Crippen molar-refractivity contribution < 1.29 is 14.3 Å². The third kappa shape index (κ3) is 2.25. The van der Waals surface area contributed by atoms with Crippen LogP contribution in [0.4, 0.5) is 0 Å². The fourth-order valence-corrected chi connectivity index (χ4v) is 2.24. The van der Waals surface area contributed by atoms with Crippen molar-refractivity contribution in [3.63, 3.8) is 0 Å². The minimum atomic E-state index is -0.325. The maximum absolute atomic E-state index is 11.8. The topological polar surface area (TPSA) is 35.5 Å². The van der Waals surface area contributed by atoms with E-state index in [2.05, 4.69) is 0 Å². The summed E-state index contributed by atoms with van der Waals surface area (Å²) < 4.78 is 10.8. The average Bonchev–Trinajstić information content (AvgIpc) is 2.55. The number of carbonyl (C=O) groups is 1. The van der Waals surface area contributed by atoms with Crippen LogP contribution in [0, 0.1) is 0 Å². The third-order valence-electron chi connectivity index (χ3n) is 2.69. The second kappa shape index (κ2) is 4.22. The van der Waals surface area contributed by atoms with Crippen LogP contribution in [0.3, 0.4) is 0 Å². The molecule has 1 aromatic rings. The number of hydrogen-bond donors (Lipinski definition) is 0. The Morgan fingerprint density at radius 1 is 1.53 bits per heavy atom. The van der Waals surface area contributed by atoms with E-state index < -0.39 is 0 Å². The molecule has 0 aromatic heterocycles. The van der Waals surface area contributed by atoms with Crippen molar-refractivity contribution in [1.82, 2.24) is 0 Å². The molecule has 0 atom stereocenters. The van der Waals surface area contributed by atoms with E-state index in [1.165, 1.54) is 0 Å². The Hall–Kier alpha value is -1.22. The second-order valence-electron chi connectivity index (χ2n) is 4.66. The van der Waals surface area contributed by atoms with Crippen LogP contribution in [0.2, 0.25) is 5.02 Å². The smallest absolute Gasteiger partial charge is 0.338 e. The van der Waals surface area contributed by atoms with Crippen molar-refractivity contribution in [3.8, 4) is 5.75 Å². The quantitative estimate of drug-likeness (QED) is 0.760. The Morgan fingerprint density at radius 3 is 2.88 bits per heavy atom. The maximum atomic E-state index is 11.8. The van der Waals surface area contributed by atoms with Crippen LogP contribution in [0.1, 0.15) is 36.7 Å². The summed E-state index contributed by atoms with van der Waals surface area (Å²) in [6, 6.07) is 3.37. The summed E-state index contributed by atoms with van der Waals surface area (Å²) in [4.78, 5) is 11.8. The molecule has 0 radical (unpaired) electrons. The van der Waals surface area contributed by atoms with E-state index in [-0.39, 0.29) is 11.6 Å². The van der Waals surface area contributed by atoms with Gasteiger partial charge in [-0.25, -0.2) is 4.79 Å². The third-order valence-corrected chi connectivity index (χ3v) is 2.99. The predicted octanol–water partition coefficient (Wildman–Crippen LogP) is 3.23. The number of halogens is 1. The van der Waals surface area contributed by atoms with Gasteiger partial charge >= 0.3 is 5.97 Å². The van der Waals surface area contributed by atoms with Crippen molar-refractivity contribution in [2.75, 3.05) is 6.61 Å². The highest BCUT2D eigenvalue weighted by atomic mass is 35.5. The molecule has 0 saturated heterocycles. The summed E-state index contributed by atoms with van der Waals surface area (Å²) in [5.41, 5.74) is 1.08. The molecule has 0 spiro atoms. The fourth-order valence-electron chi connectivity index (χ4n) is 2.02. The first-order valence-corrected chi connectivity index (χ1v) is 6.00. The molecule has 1 aliphatic rings. The largest absolute Gasteiger partial charge is 0.486 e. The van der Waals surface area contributed by atoms with Gasteiger partial charge in [0.25, 0.3) is 0 Å². The summed E-state index contributed by atoms with van der Waals surface area (Å²) >= 11 is 6.07. The van der Waals surface area contributed by atoms with Gasteiger partial charge in [0.1, 0.15) is 11.4 Å². The zero-order valence-corrected chi connectivity index (χ0v) is 10.9. The normalized spacial score (nSPS) is 16.2. The highest BCUT2D eigenvalue weighted by Gasteiger charge is 2.35. The van der Waals surface area contributed by atoms with Gasteiger partial charge in [0.15, 0.2) is 0 Å². The highest BCUT2D eigenvalue weighted by molar-refractivity contribution is 6.32. The molecule has 3 nitrogen and oxygen atoms in total. The summed E-state index contributed by atoms with van der Waals surface area (Å²) in [7, 11) is 0. The van der Waals surface area contributed by atoms with Gasteiger partial charge in [-0.15, -0.1) is 0 Å².